The van der Waals surface area contributed by atoms with Crippen LogP contribution in [-0.2, 0) is 16.1 Å². The van der Waals surface area contributed by atoms with E-state index in [9.17, 15) is 14.7 Å². The molecule has 13 heteroatoms. The average Bonchev–Trinajstić information content (AvgIpc) is 3.00. The van der Waals surface area contributed by atoms with E-state index in [-0.39, 0.29) is 12.2 Å². The summed E-state index contributed by atoms with van der Waals surface area (Å²) in [5.41, 5.74) is 5.72. The normalized spacial score (nSPS) is 15.3. The predicted molar refractivity (Wildman–Crippen MR) is 174 cm³/mol. The van der Waals surface area contributed by atoms with Crippen molar-refractivity contribution in [3.63, 3.8) is 0 Å². The van der Waals surface area contributed by atoms with Gasteiger partial charge in [0.25, 0.3) is 0 Å². The van der Waals surface area contributed by atoms with Crippen molar-refractivity contribution in [3.8, 4) is 17.2 Å². The van der Waals surface area contributed by atoms with E-state index in [1.165, 1.54) is 7.11 Å². The van der Waals surface area contributed by atoms with Gasteiger partial charge in [0.1, 0.15) is 19.0 Å². The third-order valence-corrected chi connectivity index (χ3v) is 7.47. The standard InChI is InChI=1S/C31H32ClIN4O7/c1-4-42-26-14-21(29-28(30(39)41-3)18(2)35-31(40)36-29)8-12-25(26)44-17-27(38)37-34-15-20-7-11-24(23(33)13-20)43-16-19-5-9-22(32)10-6-19/h5-15,27,29,37-38H,4,16-17H2,1-3H3,(H2,35,36,40)/b34-15-/t27-,29+/m0/s1. The lowest BCUT2D eigenvalue weighted by atomic mass is 9.95. The fraction of sp³-hybridized carbons (Fsp3) is 0.258. The molecule has 0 saturated heterocycles. The number of carbonyl (C=O) groups is 2. The fourth-order valence-corrected chi connectivity index (χ4v) is 5.10. The number of carbonyl (C=O) groups excluding carboxylic acids is 2. The third kappa shape index (κ3) is 8.77. The SMILES string of the molecule is CCOc1cc([C@H]2NC(=O)NC(C)=C2C(=O)OC)ccc1OC[C@H](O)N/N=C\c1ccc(OCc2ccc(Cl)cc2)c(I)c1. The Morgan fingerprint density at radius 3 is 2.55 bits per heavy atom. The van der Waals surface area contributed by atoms with Crippen LogP contribution < -0.4 is 30.3 Å². The van der Waals surface area contributed by atoms with Gasteiger partial charge in [0.05, 0.1) is 35.1 Å². The van der Waals surface area contributed by atoms with Gasteiger partial charge in [-0.05, 0) is 95.6 Å². The third-order valence-electron chi connectivity index (χ3n) is 6.37. The maximum atomic E-state index is 12.4. The number of hydrazone groups is 1. The van der Waals surface area contributed by atoms with Gasteiger partial charge in [-0.2, -0.15) is 5.10 Å². The van der Waals surface area contributed by atoms with Crippen molar-refractivity contribution in [1.29, 1.82) is 0 Å². The first kappa shape index (κ1) is 32.9. The molecule has 4 rings (SSSR count). The Hall–Kier alpha value is -4.01. The highest BCUT2D eigenvalue weighted by atomic mass is 127. The summed E-state index contributed by atoms with van der Waals surface area (Å²) in [6, 6.07) is 16.9. The number of nitrogens with zero attached hydrogens (tertiary/aromatic N) is 1. The van der Waals surface area contributed by atoms with Crippen LogP contribution in [0.25, 0.3) is 0 Å². The molecule has 1 aliphatic rings. The lowest BCUT2D eigenvalue weighted by molar-refractivity contribution is -0.136. The minimum Gasteiger partial charge on any atom is -0.490 e. The number of benzene rings is 3. The number of esters is 1. The summed E-state index contributed by atoms with van der Waals surface area (Å²) < 4.78 is 23.3. The Kier molecular flexibility index (Phi) is 11.7. The van der Waals surface area contributed by atoms with E-state index in [0.717, 1.165) is 20.4 Å². The van der Waals surface area contributed by atoms with Gasteiger partial charge in [0.15, 0.2) is 17.7 Å². The van der Waals surface area contributed by atoms with E-state index >= 15 is 0 Å². The molecule has 0 unspecified atom stereocenters. The van der Waals surface area contributed by atoms with E-state index in [0.29, 0.717) is 41.0 Å². The molecule has 0 saturated carbocycles. The molecule has 1 aliphatic heterocycles. The van der Waals surface area contributed by atoms with Gasteiger partial charge >= 0.3 is 12.0 Å². The van der Waals surface area contributed by atoms with Crippen molar-refractivity contribution >= 4 is 52.4 Å². The lowest BCUT2D eigenvalue weighted by Crippen LogP contribution is -2.45. The van der Waals surface area contributed by atoms with E-state index in [2.05, 4.69) is 43.8 Å². The maximum Gasteiger partial charge on any atom is 0.337 e. The highest BCUT2D eigenvalue weighted by molar-refractivity contribution is 14.1. The quantitative estimate of drug-likeness (QED) is 0.0630. The van der Waals surface area contributed by atoms with Crippen molar-refractivity contribution in [2.45, 2.75) is 32.7 Å². The van der Waals surface area contributed by atoms with Crippen LogP contribution in [0, 0.1) is 3.57 Å². The van der Waals surface area contributed by atoms with Crippen LogP contribution >= 0.6 is 34.2 Å². The Balaban J connectivity index is 1.34. The summed E-state index contributed by atoms with van der Waals surface area (Å²) in [4.78, 5) is 24.6. The van der Waals surface area contributed by atoms with Crippen molar-refractivity contribution in [2.75, 3.05) is 20.3 Å². The molecule has 232 valence electrons. The van der Waals surface area contributed by atoms with Crippen LogP contribution in [-0.4, -0.2) is 49.9 Å². The van der Waals surface area contributed by atoms with Gasteiger partial charge in [-0.25, -0.2) is 9.59 Å². The van der Waals surface area contributed by atoms with Crippen LogP contribution in [0.5, 0.6) is 17.2 Å². The van der Waals surface area contributed by atoms with Crippen LogP contribution in [0.3, 0.4) is 0 Å². The molecule has 1 heterocycles. The van der Waals surface area contributed by atoms with Crippen molar-refractivity contribution < 1.29 is 33.6 Å². The molecule has 2 atom stereocenters. The number of nitrogens with one attached hydrogen (secondary N) is 3. The zero-order valence-electron chi connectivity index (χ0n) is 24.2. The number of methoxy groups -OCH3 is 1. The summed E-state index contributed by atoms with van der Waals surface area (Å²) in [5, 5.41) is 20.5. The number of halogens is 2. The zero-order chi connectivity index (χ0) is 31.6. The number of urea groups is 1. The molecule has 44 heavy (non-hydrogen) atoms. The summed E-state index contributed by atoms with van der Waals surface area (Å²) in [6.07, 6.45) is 0.456. The summed E-state index contributed by atoms with van der Waals surface area (Å²) in [6.45, 7) is 4.07. The molecule has 0 radical (unpaired) electrons. The van der Waals surface area contributed by atoms with Crippen molar-refractivity contribution in [2.24, 2.45) is 5.10 Å². The van der Waals surface area contributed by atoms with Crippen LogP contribution in [0.4, 0.5) is 4.79 Å². The van der Waals surface area contributed by atoms with E-state index in [1.54, 1.807) is 31.3 Å². The molecule has 0 aromatic heterocycles. The summed E-state index contributed by atoms with van der Waals surface area (Å²) >= 11 is 8.13. The average molecular weight is 735 g/mol. The van der Waals surface area contributed by atoms with Crippen molar-refractivity contribution in [3.05, 3.63) is 97.2 Å². The number of amides is 2. The van der Waals surface area contributed by atoms with Crippen LogP contribution in [0.15, 0.2) is 77.0 Å². The highest BCUT2D eigenvalue weighted by Gasteiger charge is 2.32. The Morgan fingerprint density at radius 2 is 1.84 bits per heavy atom. The first-order valence-electron chi connectivity index (χ1n) is 13.6. The predicted octanol–water partition coefficient (Wildman–Crippen LogP) is 5.04. The Bertz CT molecular complexity index is 1550. The van der Waals surface area contributed by atoms with Crippen LogP contribution in [0.2, 0.25) is 5.02 Å². The molecule has 11 nitrogen and oxygen atoms in total. The van der Waals surface area contributed by atoms with Gasteiger partial charge in [-0.15, -0.1) is 0 Å². The second kappa shape index (κ2) is 15.6. The molecular weight excluding hydrogens is 703 g/mol. The number of hydrogen-bond acceptors (Lipinski definition) is 9. The molecule has 0 spiro atoms. The van der Waals surface area contributed by atoms with Gasteiger partial charge < -0.3 is 34.7 Å². The maximum absolute atomic E-state index is 12.4. The second-order valence-corrected chi connectivity index (χ2v) is 11.1. The number of aliphatic hydroxyl groups excluding tert-OH is 1. The first-order chi connectivity index (χ1) is 21.2. The number of rotatable bonds is 13. The number of hydrogen-bond donors (Lipinski definition) is 4. The van der Waals surface area contributed by atoms with Crippen molar-refractivity contribution in [1.82, 2.24) is 16.1 Å². The van der Waals surface area contributed by atoms with E-state index < -0.39 is 24.3 Å². The van der Waals surface area contributed by atoms with Gasteiger partial charge in [-0.3, -0.25) is 5.43 Å². The van der Waals surface area contributed by atoms with Gasteiger partial charge in [-0.1, -0.05) is 29.8 Å². The van der Waals surface area contributed by atoms with E-state index in [1.807, 2.05) is 49.4 Å². The van der Waals surface area contributed by atoms with E-state index in [4.69, 9.17) is 30.5 Å². The molecule has 0 fully saturated rings. The largest absolute Gasteiger partial charge is 0.490 e. The summed E-state index contributed by atoms with van der Waals surface area (Å²) in [5.74, 6) is 0.916. The lowest BCUT2D eigenvalue weighted by Gasteiger charge is -2.28. The summed E-state index contributed by atoms with van der Waals surface area (Å²) in [7, 11) is 1.28. The topological polar surface area (TPSA) is 140 Å². The molecular formula is C31H32ClIN4O7. The fourth-order valence-electron chi connectivity index (χ4n) is 4.28. The number of allylic oxidation sites excluding steroid dienone is 1. The second-order valence-electron chi connectivity index (χ2n) is 9.52. The minimum absolute atomic E-state index is 0.137. The zero-order valence-corrected chi connectivity index (χ0v) is 27.1. The minimum atomic E-state index is -1.12. The van der Waals surface area contributed by atoms with Crippen LogP contribution in [0.1, 0.15) is 36.6 Å². The number of ether oxygens (including phenoxy) is 4. The molecule has 3 aromatic rings. The number of aliphatic hydroxyl groups is 1. The first-order valence-corrected chi connectivity index (χ1v) is 15.0. The molecule has 3 aromatic carbocycles. The molecule has 2 amide bonds. The highest BCUT2D eigenvalue weighted by Crippen LogP contribution is 2.35. The molecule has 4 N–H and O–H groups in total. The Morgan fingerprint density at radius 1 is 1.09 bits per heavy atom. The monoisotopic (exact) mass is 734 g/mol. The molecule has 0 aliphatic carbocycles. The van der Waals surface area contributed by atoms with Gasteiger partial charge in [0.2, 0.25) is 0 Å². The smallest absolute Gasteiger partial charge is 0.337 e. The van der Waals surface area contributed by atoms with Gasteiger partial charge in [0, 0.05) is 10.7 Å². The molecule has 0 bridgehead atoms. The Labute approximate surface area is 273 Å².